The Morgan fingerprint density at radius 3 is 0.826 bits per heavy atom. The Morgan fingerprint density at radius 1 is 0.435 bits per heavy atom. The van der Waals surface area contributed by atoms with Gasteiger partial charge in [-0.05, 0) is 0 Å². The molecule has 0 aliphatic rings. The van der Waals surface area contributed by atoms with Crippen LogP contribution in [0, 0.1) is 0 Å². The van der Waals surface area contributed by atoms with Gasteiger partial charge in [0.2, 0.25) is 0 Å². The third-order valence-corrected chi connectivity index (χ3v) is 5.96. The van der Waals surface area contributed by atoms with E-state index in [1.54, 1.807) is 0 Å². The van der Waals surface area contributed by atoms with E-state index in [1.807, 2.05) is 0 Å². The summed E-state index contributed by atoms with van der Waals surface area (Å²) in [6, 6.07) is 0. The van der Waals surface area contributed by atoms with E-state index in [2.05, 4.69) is 0 Å². The Morgan fingerprint density at radius 2 is 0.652 bits per heavy atom. The molecule has 0 saturated carbocycles. The predicted molar refractivity (Wildman–Crippen MR) is 46.9 cm³/mol. The Labute approximate surface area is 128 Å². The third-order valence-electron chi connectivity index (χ3n) is 2.08. The minimum atomic E-state index is -6.16. The van der Waals surface area contributed by atoms with Crippen molar-refractivity contribution in [1.29, 1.82) is 0 Å². The Kier molecular flexibility index (Phi) is 6.23. The molecule has 0 atom stereocenters. The van der Waals surface area contributed by atoms with E-state index in [1.165, 1.54) is 0 Å². The van der Waals surface area contributed by atoms with E-state index >= 15 is 0 Å². The molecule has 0 saturated heterocycles. The molecule has 0 unspecified atom stereocenters. The zero-order valence-corrected chi connectivity index (χ0v) is 13.1. The van der Waals surface area contributed by atoms with E-state index < -0.39 is 66.1 Å². The second-order valence-electron chi connectivity index (χ2n) is 4.27. The molecule has 0 aromatic heterocycles. The SMILES string of the molecule is FC(F)(F)CC(F)(F)[C](F)(F)[Sn+2][C](F)(F)C(F)(F)CC(F)(F)F. The van der Waals surface area contributed by atoms with Crippen LogP contribution in [0.25, 0.3) is 0 Å². The first-order valence-electron chi connectivity index (χ1n) is 5.06. The van der Waals surface area contributed by atoms with Crippen LogP contribution in [0.2, 0.25) is 0 Å². The molecule has 0 N–H and O–H groups in total. The van der Waals surface area contributed by atoms with Crippen molar-refractivity contribution >= 4 is 21.1 Å². The van der Waals surface area contributed by atoms with Gasteiger partial charge in [-0.25, -0.2) is 0 Å². The Bertz CT molecular complexity index is 366. The molecule has 0 heterocycles. The van der Waals surface area contributed by atoms with Gasteiger partial charge in [0.1, 0.15) is 0 Å². The van der Waals surface area contributed by atoms with Gasteiger partial charge in [-0.3, -0.25) is 0 Å². The van der Waals surface area contributed by atoms with E-state index in [9.17, 15) is 61.5 Å². The second-order valence-corrected chi connectivity index (χ2v) is 8.56. The van der Waals surface area contributed by atoms with Gasteiger partial charge in [-0.2, -0.15) is 0 Å². The summed E-state index contributed by atoms with van der Waals surface area (Å²) in [7, 11) is 0. The van der Waals surface area contributed by atoms with Crippen LogP contribution in [-0.2, 0) is 0 Å². The van der Waals surface area contributed by atoms with Crippen molar-refractivity contribution in [2.24, 2.45) is 0 Å². The fraction of sp³-hybridized carbons (Fsp3) is 1.00. The van der Waals surface area contributed by atoms with Crippen molar-refractivity contribution in [2.75, 3.05) is 0 Å². The molecule has 15 heteroatoms. The van der Waals surface area contributed by atoms with Gasteiger partial charge in [0.05, 0.1) is 0 Å². The fourth-order valence-electron chi connectivity index (χ4n) is 1.11. The van der Waals surface area contributed by atoms with Crippen LogP contribution in [0.3, 0.4) is 0 Å². The van der Waals surface area contributed by atoms with Crippen LogP contribution in [-0.4, -0.2) is 53.2 Å². The maximum absolute atomic E-state index is 12.9. The summed E-state index contributed by atoms with van der Waals surface area (Å²) in [5, 5.41) is 0. The van der Waals surface area contributed by atoms with Crippen LogP contribution in [0.4, 0.5) is 61.5 Å². The summed E-state index contributed by atoms with van der Waals surface area (Å²) < 4.78 is 160. The summed E-state index contributed by atoms with van der Waals surface area (Å²) in [5.41, 5.74) is 0. The van der Waals surface area contributed by atoms with E-state index in [4.69, 9.17) is 0 Å². The summed E-state index contributed by atoms with van der Waals surface area (Å²) in [6.07, 6.45) is -19.0. The monoisotopic (exact) mass is 486 g/mol. The van der Waals surface area contributed by atoms with E-state index in [0.717, 1.165) is 0 Å². The number of rotatable bonds is 6. The predicted octanol–water partition coefficient (Wildman–Crippen LogP) is 5.05. The molecule has 0 aliphatic carbocycles. The van der Waals surface area contributed by atoms with Gasteiger partial charge in [-0.15, -0.1) is 0 Å². The van der Waals surface area contributed by atoms with Crippen LogP contribution >= 0.6 is 0 Å². The molecule has 0 fully saturated rings. The molecular weight excluding hydrogens is 481 g/mol. The average Bonchev–Trinajstić information content (AvgIpc) is 2.05. The first-order chi connectivity index (χ1) is 9.62. The number of hydrogen-bond acceptors (Lipinski definition) is 0. The van der Waals surface area contributed by atoms with Crippen molar-refractivity contribution in [2.45, 2.75) is 44.9 Å². The quantitative estimate of drug-likeness (QED) is 0.365. The van der Waals surface area contributed by atoms with E-state index in [-0.39, 0.29) is 0 Å². The van der Waals surface area contributed by atoms with Crippen LogP contribution in [0.5, 0.6) is 0 Å². The number of hydrogen-bond donors (Lipinski definition) is 0. The van der Waals surface area contributed by atoms with Crippen LogP contribution in [0.15, 0.2) is 0 Å². The average molecular weight is 485 g/mol. The van der Waals surface area contributed by atoms with Gasteiger partial charge in [0.25, 0.3) is 0 Å². The zero-order chi connectivity index (χ0) is 19.1. The number of alkyl halides is 14. The molecular formula is C8H4F14Sn+2. The maximum atomic E-state index is 12.9. The fourth-order valence-corrected chi connectivity index (χ4v) is 3.78. The molecule has 0 bridgehead atoms. The molecule has 0 amide bonds. The summed E-state index contributed by atoms with van der Waals surface area (Å²) in [6.45, 7) is 0. The van der Waals surface area contributed by atoms with Crippen molar-refractivity contribution in [1.82, 2.24) is 0 Å². The number of halogens is 14. The molecule has 0 rings (SSSR count). The molecule has 0 aliphatic heterocycles. The van der Waals surface area contributed by atoms with Crippen molar-refractivity contribution in [3.05, 3.63) is 0 Å². The topological polar surface area (TPSA) is 0 Å². The second kappa shape index (κ2) is 6.28. The van der Waals surface area contributed by atoms with Crippen molar-refractivity contribution < 1.29 is 61.5 Å². The first-order valence-corrected chi connectivity index (χ1v) is 7.91. The molecule has 0 aromatic rings. The van der Waals surface area contributed by atoms with Gasteiger partial charge < -0.3 is 0 Å². The summed E-state index contributed by atoms with van der Waals surface area (Å²) in [5.74, 6) is -12.3. The zero-order valence-electron chi connectivity index (χ0n) is 10.2. The molecule has 0 aromatic carbocycles. The third kappa shape index (κ3) is 6.68. The van der Waals surface area contributed by atoms with Gasteiger partial charge >= 0.3 is 128 Å². The minimum absolute atomic E-state index is 3.57. The standard InChI is InChI=1S/2C4H2F7.Sn/c2*5-2(6)3(7,8)1-4(9,10)11;/h2*1H2;/q;;+2. The molecule has 0 spiro atoms. The van der Waals surface area contributed by atoms with Crippen LogP contribution < -0.4 is 0 Å². The molecule has 0 nitrogen and oxygen atoms in total. The van der Waals surface area contributed by atoms with E-state index in [0.29, 0.717) is 0 Å². The normalized spacial score (nSPS) is 15.6. The molecule has 0 radical (unpaired) electrons. The Hall–Kier alpha value is -0.181. The van der Waals surface area contributed by atoms with Gasteiger partial charge in [-0.1, -0.05) is 0 Å². The molecule has 136 valence electrons. The molecule has 23 heavy (non-hydrogen) atoms. The first kappa shape index (κ1) is 22.8. The summed E-state index contributed by atoms with van der Waals surface area (Å²) >= 11 is -5.79. The van der Waals surface area contributed by atoms with Gasteiger partial charge in [0, 0.05) is 0 Å². The Balaban J connectivity index is 5.41. The van der Waals surface area contributed by atoms with Crippen molar-refractivity contribution in [3.8, 4) is 0 Å². The van der Waals surface area contributed by atoms with Crippen LogP contribution in [0.1, 0.15) is 12.8 Å². The summed E-state index contributed by atoms with van der Waals surface area (Å²) in [4.78, 5) is 0. The van der Waals surface area contributed by atoms with Gasteiger partial charge in [0.15, 0.2) is 0 Å². The van der Waals surface area contributed by atoms with Crippen molar-refractivity contribution in [3.63, 3.8) is 0 Å².